The van der Waals surface area contributed by atoms with E-state index in [-0.39, 0.29) is 0 Å². The van der Waals surface area contributed by atoms with Gasteiger partial charge in [-0.05, 0) is 55.8 Å². The van der Waals surface area contributed by atoms with Gasteiger partial charge in [-0.2, -0.15) is 0 Å². The third-order valence-corrected chi connectivity index (χ3v) is 5.43. The van der Waals surface area contributed by atoms with Gasteiger partial charge in [0, 0.05) is 24.8 Å². The fraction of sp³-hybridized carbons (Fsp3) is 0.333. The molecule has 0 bridgehead atoms. The third-order valence-electron chi connectivity index (χ3n) is 4.39. The second kappa shape index (κ2) is 6.75. The molecule has 2 aromatic heterocycles. The van der Waals surface area contributed by atoms with Crippen molar-refractivity contribution in [1.82, 2.24) is 15.3 Å². The first-order valence-corrected chi connectivity index (χ1v) is 9.15. The number of nitrogens with zero attached hydrogens (tertiary/aromatic N) is 2. The Labute approximate surface area is 145 Å². The fourth-order valence-corrected chi connectivity index (χ4v) is 3.90. The van der Waals surface area contributed by atoms with Crippen LogP contribution in [0.4, 0.5) is 10.9 Å². The number of hydrogen-bond donors (Lipinski definition) is 3. The van der Waals surface area contributed by atoms with E-state index < -0.39 is 0 Å². The van der Waals surface area contributed by atoms with E-state index in [0.717, 1.165) is 48.0 Å². The summed E-state index contributed by atoms with van der Waals surface area (Å²) in [5.74, 6) is 0.960. The van der Waals surface area contributed by atoms with Crippen molar-refractivity contribution in [3.8, 4) is 11.1 Å². The predicted octanol–water partition coefficient (Wildman–Crippen LogP) is 3.56. The van der Waals surface area contributed by atoms with Gasteiger partial charge in [0.15, 0.2) is 5.13 Å². The average molecular weight is 339 g/mol. The molecular weight excluding hydrogens is 318 g/mol. The molecule has 3 heterocycles. The van der Waals surface area contributed by atoms with E-state index in [4.69, 9.17) is 0 Å². The van der Waals surface area contributed by atoms with Gasteiger partial charge in [-0.3, -0.25) is 0 Å². The molecule has 0 saturated carbocycles. The standard InChI is InChI=1S/C18H21N5S/c1-19-18-23-15-4-2-12(10-16(15)24-18)13-3-5-17(21-11-13)22-14-6-8-20-9-7-14/h2-5,10-11,14,20H,6-9H2,1H3,(H,19,23)(H,21,22). The molecule has 0 amide bonds. The maximum Gasteiger partial charge on any atom is 0.183 e. The topological polar surface area (TPSA) is 61.9 Å². The van der Waals surface area contributed by atoms with Gasteiger partial charge in [0.05, 0.1) is 10.2 Å². The molecule has 1 aliphatic rings. The Morgan fingerprint density at radius 3 is 2.71 bits per heavy atom. The molecule has 1 fully saturated rings. The number of piperidine rings is 1. The summed E-state index contributed by atoms with van der Waals surface area (Å²) in [4.78, 5) is 9.12. The molecule has 3 N–H and O–H groups in total. The Kier molecular flexibility index (Phi) is 4.32. The summed E-state index contributed by atoms with van der Waals surface area (Å²) in [7, 11) is 1.90. The number of hydrogen-bond acceptors (Lipinski definition) is 6. The molecule has 0 radical (unpaired) electrons. The van der Waals surface area contributed by atoms with Crippen LogP contribution >= 0.6 is 11.3 Å². The minimum atomic E-state index is 0.526. The van der Waals surface area contributed by atoms with Crippen molar-refractivity contribution in [3.63, 3.8) is 0 Å². The number of nitrogens with one attached hydrogen (secondary N) is 3. The zero-order valence-corrected chi connectivity index (χ0v) is 14.5. The summed E-state index contributed by atoms with van der Waals surface area (Å²) in [6.45, 7) is 2.17. The van der Waals surface area contributed by atoms with E-state index in [1.807, 2.05) is 13.2 Å². The molecule has 3 aromatic rings. The van der Waals surface area contributed by atoms with Crippen LogP contribution in [0.15, 0.2) is 36.5 Å². The molecule has 0 aliphatic carbocycles. The first kappa shape index (κ1) is 15.4. The zero-order chi connectivity index (χ0) is 16.4. The van der Waals surface area contributed by atoms with E-state index in [9.17, 15) is 0 Å². The number of anilines is 2. The number of benzene rings is 1. The lowest BCUT2D eigenvalue weighted by Gasteiger charge is -2.24. The van der Waals surface area contributed by atoms with Crippen LogP contribution in [0.3, 0.4) is 0 Å². The summed E-state index contributed by atoms with van der Waals surface area (Å²) < 4.78 is 1.19. The molecule has 0 spiro atoms. The highest BCUT2D eigenvalue weighted by Crippen LogP contribution is 2.30. The molecule has 1 aliphatic heterocycles. The average Bonchev–Trinajstić information content (AvgIpc) is 3.05. The Morgan fingerprint density at radius 1 is 1.12 bits per heavy atom. The van der Waals surface area contributed by atoms with Crippen LogP contribution in [0, 0.1) is 0 Å². The van der Waals surface area contributed by atoms with Gasteiger partial charge in [-0.15, -0.1) is 0 Å². The lowest BCUT2D eigenvalue weighted by atomic mass is 10.1. The molecule has 0 unspecified atom stereocenters. The smallest absolute Gasteiger partial charge is 0.183 e. The summed E-state index contributed by atoms with van der Waals surface area (Å²) >= 11 is 1.67. The highest BCUT2D eigenvalue weighted by Gasteiger charge is 2.13. The van der Waals surface area contributed by atoms with E-state index in [1.165, 1.54) is 10.3 Å². The van der Waals surface area contributed by atoms with Gasteiger partial charge in [-0.25, -0.2) is 9.97 Å². The van der Waals surface area contributed by atoms with Gasteiger partial charge in [-0.1, -0.05) is 17.4 Å². The van der Waals surface area contributed by atoms with Gasteiger partial charge >= 0.3 is 0 Å². The molecule has 1 aromatic carbocycles. The number of pyridine rings is 1. The van der Waals surface area contributed by atoms with Crippen molar-refractivity contribution >= 4 is 32.5 Å². The largest absolute Gasteiger partial charge is 0.367 e. The highest BCUT2D eigenvalue weighted by atomic mass is 32.1. The van der Waals surface area contributed by atoms with Gasteiger partial charge in [0.25, 0.3) is 0 Å². The maximum atomic E-state index is 4.59. The van der Waals surface area contributed by atoms with E-state index in [2.05, 4.69) is 56.3 Å². The third kappa shape index (κ3) is 3.20. The SMILES string of the molecule is CNc1nc2ccc(-c3ccc(NC4CCNCC4)nc3)cc2s1. The molecular formula is C18H21N5S. The minimum Gasteiger partial charge on any atom is -0.367 e. The van der Waals surface area contributed by atoms with Crippen molar-refractivity contribution < 1.29 is 0 Å². The summed E-state index contributed by atoms with van der Waals surface area (Å²) in [6, 6.07) is 11.1. The van der Waals surface area contributed by atoms with Crippen LogP contribution in [0.5, 0.6) is 0 Å². The first-order valence-electron chi connectivity index (χ1n) is 8.34. The van der Waals surface area contributed by atoms with Gasteiger partial charge in [0.1, 0.15) is 5.82 Å². The molecule has 124 valence electrons. The van der Waals surface area contributed by atoms with Crippen molar-refractivity contribution in [2.45, 2.75) is 18.9 Å². The van der Waals surface area contributed by atoms with Gasteiger partial charge in [0.2, 0.25) is 0 Å². The number of aromatic nitrogens is 2. The Balaban J connectivity index is 1.53. The van der Waals surface area contributed by atoms with Gasteiger partial charge < -0.3 is 16.0 Å². The van der Waals surface area contributed by atoms with Crippen LogP contribution in [0.1, 0.15) is 12.8 Å². The maximum absolute atomic E-state index is 4.59. The second-order valence-corrected chi connectivity index (χ2v) is 7.08. The summed E-state index contributed by atoms with van der Waals surface area (Å²) in [5.41, 5.74) is 3.34. The minimum absolute atomic E-state index is 0.526. The predicted molar refractivity (Wildman–Crippen MR) is 102 cm³/mol. The molecule has 5 nitrogen and oxygen atoms in total. The van der Waals surface area contributed by atoms with Crippen LogP contribution < -0.4 is 16.0 Å². The van der Waals surface area contributed by atoms with Crippen molar-refractivity contribution in [2.75, 3.05) is 30.8 Å². The number of rotatable bonds is 4. The highest BCUT2D eigenvalue weighted by molar-refractivity contribution is 7.22. The fourth-order valence-electron chi connectivity index (χ4n) is 3.04. The molecule has 6 heteroatoms. The lowest BCUT2D eigenvalue weighted by molar-refractivity contribution is 0.478. The number of thiazole rings is 1. The molecule has 4 rings (SSSR count). The Hall–Kier alpha value is -2.18. The van der Waals surface area contributed by atoms with E-state index >= 15 is 0 Å². The van der Waals surface area contributed by atoms with Crippen LogP contribution in [-0.4, -0.2) is 36.1 Å². The Bertz CT molecular complexity index is 821. The monoisotopic (exact) mass is 339 g/mol. The van der Waals surface area contributed by atoms with E-state index in [0.29, 0.717) is 6.04 Å². The second-order valence-electron chi connectivity index (χ2n) is 6.05. The van der Waals surface area contributed by atoms with Crippen molar-refractivity contribution in [1.29, 1.82) is 0 Å². The lowest BCUT2D eigenvalue weighted by Crippen LogP contribution is -2.35. The number of fused-ring (bicyclic) bond motifs is 1. The summed E-state index contributed by atoms with van der Waals surface area (Å²) in [6.07, 6.45) is 4.25. The van der Waals surface area contributed by atoms with Crippen molar-refractivity contribution in [2.24, 2.45) is 0 Å². The van der Waals surface area contributed by atoms with Crippen LogP contribution in [0.2, 0.25) is 0 Å². The normalized spacial score (nSPS) is 15.5. The van der Waals surface area contributed by atoms with Crippen LogP contribution in [-0.2, 0) is 0 Å². The van der Waals surface area contributed by atoms with Crippen LogP contribution in [0.25, 0.3) is 21.3 Å². The quantitative estimate of drug-likeness (QED) is 0.678. The molecule has 24 heavy (non-hydrogen) atoms. The summed E-state index contributed by atoms with van der Waals surface area (Å²) in [5, 5.41) is 11.0. The molecule has 1 saturated heterocycles. The Morgan fingerprint density at radius 2 is 1.96 bits per heavy atom. The van der Waals surface area contributed by atoms with Crippen molar-refractivity contribution in [3.05, 3.63) is 36.5 Å². The zero-order valence-electron chi connectivity index (χ0n) is 13.7. The van der Waals surface area contributed by atoms with E-state index in [1.54, 1.807) is 11.3 Å². The molecule has 0 atom stereocenters. The first-order chi connectivity index (χ1) is 11.8.